The molecule has 1 aromatic carbocycles. The van der Waals surface area contributed by atoms with Gasteiger partial charge in [-0.1, -0.05) is 30.3 Å². The number of anilines is 1. The summed E-state index contributed by atoms with van der Waals surface area (Å²) in [5.74, 6) is -2.98. The van der Waals surface area contributed by atoms with Crippen LogP contribution in [0, 0.1) is 0 Å². The fourth-order valence-corrected chi connectivity index (χ4v) is 2.58. The average Bonchev–Trinajstić information content (AvgIpc) is 3.10. The van der Waals surface area contributed by atoms with Crippen molar-refractivity contribution in [3.8, 4) is 0 Å². The zero-order chi connectivity index (χ0) is 20.1. The Labute approximate surface area is 158 Å². The molecule has 2 heterocycles. The highest BCUT2D eigenvalue weighted by Gasteiger charge is 2.22. The fourth-order valence-electron chi connectivity index (χ4n) is 2.58. The molecule has 0 spiro atoms. The summed E-state index contributed by atoms with van der Waals surface area (Å²) in [4.78, 5) is 42.6. The van der Waals surface area contributed by atoms with Crippen LogP contribution in [0.25, 0.3) is 11.0 Å². The quantitative estimate of drug-likeness (QED) is 0.332. The predicted molar refractivity (Wildman–Crippen MR) is 96.9 cm³/mol. The van der Waals surface area contributed by atoms with Gasteiger partial charge in [0.2, 0.25) is 0 Å². The number of nitrogens with zero attached hydrogens (tertiary/aromatic N) is 2. The van der Waals surface area contributed by atoms with E-state index in [1.54, 1.807) is 12.1 Å². The Balaban J connectivity index is 1.84. The number of carbonyl (C=O) groups is 3. The van der Waals surface area contributed by atoms with Crippen LogP contribution in [-0.2, 0) is 14.3 Å². The van der Waals surface area contributed by atoms with Crippen molar-refractivity contribution in [2.75, 3.05) is 11.9 Å². The lowest BCUT2D eigenvalue weighted by Crippen LogP contribution is -2.32. The second-order valence-corrected chi connectivity index (χ2v) is 5.61. The van der Waals surface area contributed by atoms with Crippen LogP contribution in [0.1, 0.15) is 11.6 Å². The van der Waals surface area contributed by atoms with Crippen molar-refractivity contribution in [3.63, 3.8) is 0 Å². The molecular formula is C18H16N4O6. The molecular weight excluding hydrogens is 368 g/mol. The lowest BCUT2D eigenvalue weighted by molar-refractivity contribution is -0.163. The molecule has 0 fully saturated rings. The van der Waals surface area contributed by atoms with Gasteiger partial charge >= 0.3 is 18.0 Å². The molecule has 0 saturated carbocycles. The maximum absolute atomic E-state index is 11.7. The topological polar surface area (TPSA) is 146 Å². The van der Waals surface area contributed by atoms with E-state index in [0.717, 1.165) is 10.3 Å². The van der Waals surface area contributed by atoms with Crippen LogP contribution in [0.3, 0.4) is 0 Å². The molecule has 0 aliphatic heterocycles. The molecule has 2 aromatic heterocycles. The summed E-state index contributed by atoms with van der Waals surface area (Å²) in [6.07, 6.45) is 1.42. The Morgan fingerprint density at radius 3 is 2.57 bits per heavy atom. The van der Waals surface area contributed by atoms with Crippen LogP contribution < -0.4 is 15.9 Å². The summed E-state index contributed by atoms with van der Waals surface area (Å²) in [5.41, 5.74) is 6.43. The average molecular weight is 384 g/mol. The number of carbonyl (C=O) groups excluding carboxylic acids is 3. The summed E-state index contributed by atoms with van der Waals surface area (Å²) in [7, 11) is 0. The molecule has 0 aliphatic rings. The number of rotatable bonds is 5. The molecule has 0 bridgehead atoms. The molecule has 3 aromatic rings. The maximum Gasteiger partial charge on any atom is 0.442 e. The zero-order valence-corrected chi connectivity index (χ0v) is 14.4. The fraction of sp³-hybridized carbons (Fsp3) is 0.111. The van der Waals surface area contributed by atoms with Crippen molar-refractivity contribution in [1.82, 2.24) is 9.71 Å². The Morgan fingerprint density at radius 1 is 1.14 bits per heavy atom. The number of nitrogens with two attached hydrogens (primary N) is 1. The zero-order valence-electron chi connectivity index (χ0n) is 14.4. The molecule has 0 saturated heterocycles. The Kier molecular flexibility index (Phi) is 5.51. The SMILES string of the molecule is NC(=O)OC(=O)C(=O)On1ccc2c(N[C@H](CO)c3ccccc3)ccnc21. The lowest BCUT2D eigenvalue weighted by atomic mass is 10.1. The molecule has 28 heavy (non-hydrogen) atoms. The van der Waals surface area contributed by atoms with Gasteiger partial charge in [0.05, 0.1) is 12.6 Å². The van der Waals surface area contributed by atoms with Gasteiger partial charge in [0.15, 0.2) is 5.65 Å². The summed E-state index contributed by atoms with van der Waals surface area (Å²) in [6.45, 7) is -0.150. The number of aliphatic hydroxyl groups is 1. The second kappa shape index (κ2) is 8.18. The number of aliphatic hydroxyl groups excluding tert-OH is 1. The number of primary amides is 1. The first-order chi connectivity index (χ1) is 13.5. The number of ether oxygens (including phenoxy) is 1. The van der Waals surface area contributed by atoms with Gasteiger partial charge in [-0.2, -0.15) is 4.73 Å². The van der Waals surface area contributed by atoms with Gasteiger partial charge in [0.1, 0.15) is 0 Å². The van der Waals surface area contributed by atoms with Gasteiger partial charge in [0.25, 0.3) is 0 Å². The van der Waals surface area contributed by atoms with Crippen molar-refractivity contribution in [2.24, 2.45) is 5.73 Å². The maximum atomic E-state index is 11.7. The summed E-state index contributed by atoms with van der Waals surface area (Å²) >= 11 is 0. The first kappa shape index (κ1) is 18.9. The first-order valence-corrected chi connectivity index (χ1v) is 8.12. The van der Waals surface area contributed by atoms with E-state index >= 15 is 0 Å². The van der Waals surface area contributed by atoms with Gasteiger partial charge in [-0.25, -0.2) is 19.4 Å². The number of esters is 1. The van der Waals surface area contributed by atoms with Crippen molar-refractivity contribution >= 4 is 34.8 Å². The number of nitrogens with one attached hydrogen (secondary N) is 1. The molecule has 1 amide bonds. The highest BCUT2D eigenvalue weighted by molar-refractivity contribution is 6.31. The van der Waals surface area contributed by atoms with Gasteiger partial charge < -0.3 is 25.7 Å². The second-order valence-electron chi connectivity index (χ2n) is 5.61. The van der Waals surface area contributed by atoms with Crippen molar-refractivity contribution in [2.45, 2.75) is 6.04 Å². The summed E-state index contributed by atoms with van der Waals surface area (Å²) < 4.78 is 4.92. The molecule has 10 heteroatoms. The van der Waals surface area contributed by atoms with Gasteiger partial charge in [-0.3, -0.25) is 0 Å². The van der Waals surface area contributed by atoms with E-state index in [0.29, 0.717) is 11.1 Å². The smallest absolute Gasteiger partial charge is 0.394 e. The van der Waals surface area contributed by atoms with Gasteiger partial charge in [-0.05, 0) is 17.7 Å². The minimum Gasteiger partial charge on any atom is -0.394 e. The van der Waals surface area contributed by atoms with Crippen molar-refractivity contribution in [3.05, 3.63) is 60.4 Å². The Morgan fingerprint density at radius 2 is 1.89 bits per heavy atom. The number of aromatic nitrogens is 2. The Bertz CT molecular complexity index is 1020. The normalized spacial score (nSPS) is 11.6. The van der Waals surface area contributed by atoms with E-state index in [4.69, 9.17) is 4.84 Å². The Hall–Kier alpha value is -3.92. The van der Waals surface area contributed by atoms with Crippen LogP contribution in [0.4, 0.5) is 10.5 Å². The highest BCUT2D eigenvalue weighted by Crippen LogP contribution is 2.26. The molecule has 0 radical (unpaired) electrons. The molecule has 10 nitrogen and oxygen atoms in total. The molecule has 0 aliphatic carbocycles. The molecule has 4 N–H and O–H groups in total. The molecule has 0 unspecified atom stereocenters. The van der Waals surface area contributed by atoms with Crippen LogP contribution in [0.2, 0.25) is 0 Å². The molecule has 1 atom stereocenters. The van der Waals surface area contributed by atoms with E-state index in [2.05, 4.69) is 20.8 Å². The third-order valence-corrected chi connectivity index (χ3v) is 3.81. The summed E-state index contributed by atoms with van der Waals surface area (Å²) in [6, 6.07) is 12.3. The largest absolute Gasteiger partial charge is 0.442 e. The molecule has 144 valence electrons. The molecule has 3 rings (SSSR count). The van der Waals surface area contributed by atoms with E-state index < -0.39 is 18.0 Å². The first-order valence-electron chi connectivity index (χ1n) is 8.12. The van der Waals surface area contributed by atoms with E-state index in [9.17, 15) is 19.5 Å². The van der Waals surface area contributed by atoms with E-state index in [1.807, 2.05) is 30.3 Å². The van der Waals surface area contributed by atoms with E-state index in [1.165, 1.54) is 12.4 Å². The summed E-state index contributed by atoms with van der Waals surface area (Å²) in [5, 5.41) is 13.5. The number of hydrogen-bond donors (Lipinski definition) is 3. The number of benzene rings is 1. The number of fused-ring (bicyclic) bond motifs is 1. The van der Waals surface area contributed by atoms with Crippen molar-refractivity contribution < 1.29 is 29.1 Å². The van der Waals surface area contributed by atoms with Crippen LogP contribution >= 0.6 is 0 Å². The minimum atomic E-state index is -1.55. The number of hydrogen-bond acceptors (Lipinski definition) is 8. The predicted octanol–water partition coefficient (Wildman–Crippen LogP) is 0.759. The monoisotopic (exact) mass is 384 g/mol. The third-order valence-electron chi connectivity index (χ3n) is 3.81. The van der Waals surface area contributed by atoms with Crippen LogP contribution in [-0.4, -0.2) is 39.5 Å². The standard InChI is InChI=1S/C18H16N4O6/c19-18(26)27-16(24)17(25)28-22-9-7-12-13(6-8-20-15(12)22)21-14(10-23)11-4-2-1-3-5-11/h1-9,14,23H,10H2,(H2,19,26)(H,20,21)/t14-/m1/s1. The number of amides is 1. The third kappa shape index (κ3) is 4.07. The minimum absolute atomic E-state index is 0.150. The van der Waals surface area contributed by atoms with Crippen LogP contribution in [0.15, 0.2) is 54.9 Å². The highest BCUT2D eigenvalue weighted by atomic mass is 16.7. The lowest BCUT2D eigenvalue weighted by Gasteiger charge is -2.18. The number of pyridine rings is 1. The van der Waals surface area contributed by atoms with E-state index in [-0.39, 0.29) is 18.3 Å². The van der Waals surface area contributed by atoms with Crippen LogP contribution in [0.5, 0.6) is 0 Å². The van der Waals surface area contributed by atoms with Crippen molar-refractivity contribution in [1.29, 1.82) is 0 Å². The van der Waals surface area contributed by atoms with Gasteiger partial charge in [-0.15, -0.1) is 0 Å². The van der Waals surface area contributed by atoms with Gasteiger partial charge in [0, 0.05) is 23.5 Å².